The van der Waals surface area contributed by atoms with Crippen molar-refractivity contribution in [3.63, 3.8) is 0 Å². The molecule has 0 amide bonds. The molecule has 0 aliphatic heterocycles. The van der Waals surface area contributed by atoms with E-state index < -0.39 is 0 Å². The lowest BCUT2D eigenvalue weighted by atomic mass is 10.1. The molecule has 3 rings (SSSR count). The molecule has 0 saturated carbocycles. The van der Waals surface area contributed by atoms with Gasteiger partial charge in [0.2, 0.25) is 0 Å². The van der Waals surface area contributed by atoms with Crippen molar-refractivity contribution < 1.29 is 9.84 Å². The van der Waals surface area contributed by atoms with Gasteiger partial charge in [0.15, 0.2) is 0 Å². The number of fused-ring (bicyclic) bond motifs is 1. The maximum atomic E-state index is 10.0. The SMILES string of the molecule is COc1ccc(CN=Nc2c(O)ccc3ccccc23)cc1. The second kappa shape index (κ2) is 6.26. The molecule has 0 saturated heterocycles. The zero-order chi connectivity index (χ0) is 15.4. The van der Waals surface area contributed by atoms with Crippen LogP contribution in [0.3, 0.4) is 0 Å². The molecule has 0 aromatic heterocycles. The van der Waals surface area contributed by atoms with E-state index >= 15 is 0 Å². The van der Waals surface area contributed by atoms with Crippen molar-refractivity contribution in [2.75, 3.05) is 7.11 Å². The molecule has 0 aliphatic rings. The third-order valence-corrected chi connectivity index (χ3v) is 3.46. The Kier molecular flexibility index (Phi) is 4.01. The number of rotatable bonds is 4. The highest BCUT2D eigenvalue weighted by atomic mass is 16.5. The molecule has 0 fully saturated rings. The summed E-state index contributed by atoms with van der Waals surface area (Å²) in [6.07, 6.45) is 0. The van der Waals surface area contributed by atoms with Crippen molar-refractivity contribution in [3.8, 4) is 11.5 Å². The lowest BCUT2D eigenvalue weighted by Crippen LogP contribution is -1.84. The van der Waals surface area contributed by atoms with Gasteiger partial charge < -0.3 is 9.84 Å². The Morgan fingerprint density at radius 3 is 2.50 bits per heavy atom. The Bertz CT molecular complexity index is 811. The number of hydrogen-bond acceptors (Lipinski definition) is 4. The number of phenolic OH excluding ortho intramolecular Hbond substituents is 1. The van der Waals surface area contributed by atoms with Crippen LogP contribution in [0.1, 0.15) is 5.56 Å². The molecule has 0 aliphatic carbocycles. The second-order valence-electron chi connectivity index (χ2n) is 4.90. The lowest BCUT2D eigenvalue weighted by Gasteiger charge is -2.04. The maximum absolute atomic E-state index is 10.0. The fraction of sp³-hybridized carbons (Fsp3) is 0.111. The Morgan fingerprint density at radius 2 is 1.73 bits per heavy atom. The fourth-order valence-electron chi connectivity index (χ4n) is 2.27. The minimum atomic E-state index is 0.136. The number of hydrogen-bond donors (Lipinski definition) is 1. The van der Waals surface area contributed by atoms with Gasteiger partial charge in [0.25, 0.3) is 0 Å². The van der Waals surface area contributed by atoms with Crippen LogP contribution in [0.2, 0.25) is 0 Å². The zero-order valence-corrected chi connectivity index (χ0v) is 12.2. The molecular weight excluding hydrogens is 276 g/mol. The number of nitrogens with zero attached hydrogens (tertiary/aromatic N) is 2. The van der Waals surface area contributed by atoms with E-state index in [9.17, 15) is 5.11 Å². The van der Waals surface area contributed by atoms with Gasteiger partial charge in [-0.15, -0.1) is 0 Å². The van der Waals surface area contributed by atoms with Crippen LogP contribution in [0.25, 0.3) is 10.8 Å². The molecule has 0 bridgehead atoms. The molecule has 0 atom stereocenters. The van der Waals surface area contributed by atoms with Crippen molar-refractivity contribution in [1.82, 2.24) is 0 Å². The van der Waals surface area contributed by atoms with Gasteiger partial charge >= 0.3 is 0 Å². The zero-order valence-electron chi connectivity index (χ0n) is 12.2. The standard InChI is InChI=1S/C18H16N2O2/c1-22-15-9-6-13(7-10-15)12-19-20-18-16-5-3-2-4-14(16)8-11-17(18)21/h2-11,21H,12H2,1H3. The van der Waals surface area contributed by atoms with Gasteiger partial charge in [-0.3, -0.25) is 0 Å². The number of azo groups is 1. The van der Waals surface area contributed by atoms with E-state index in [1.807, 2.05) is 54.6 Å². The Morgan fingerprint density at radius 1 is 0.955 bits per heavy atom. The highest BCUT2D eigenvalue weighted by Crippen LogP contribution is 2.35. The first-order valence-corrected chi connectivity index (χ1v) is 6.99. The summed E-state index contributed by atoms with van der Waals surface area (Å²) in [6, 6.07) is 19.0. The Labute approximate surface area is 128 Å². The molecule has 0 spiro atoms. The van der Waals surface area contributed by atoms with Crippen molar-refractivity contribution >= 4 is 16.5 Å². The normalized spacial score (nSPS) is 11.1. The Balaban J connectivity index is 1.84. The summed E-state index contributed by atoms with van der Waals surface area (Å²) in [5.74, 6) is 0.949. The fourth-order valence-corrected chi connectivity index (χ4v) is 2.27. The molecule has 0 unspecified atom stereocenters. The molecule has 4 heteroatoms. The maximum Gasteiger partial charge on any atom is 0.143 e. The van der Waals surface area contributed by atoms with Crippen LogP contribution >= 0.6 is 0 Å². The third-order valence-electron chi connectivity index (χ3n) is 3.46. The number of methoxy groups -OCH3 is 1. The van der Waals surface area contributed by atoms with Gasteiger partial charge in [0.05, 0.1) is 13.7 Å². The minimum absolute atomic E-state index is 0.136. The first kappa shape index (κ1) is 14.1. The van der Waals surface area contributed by atoms with Crippen LogP contribution in [0.15, 0.2) is 70.9 Å². The highest BCUT2D eigenvalue weighted by Gasteiger charge is 2.05. The van der Waals surface area contributed by atoms with E-state index in [0.717, 1.165) is 22.1 Å². The number of phenols is 1. The molecule has 0 radical (unpaired) electrons. The summed E-state index contributed by atoms with van der Waals surface area (Å²) in [7, 11) is 1.64. The summed E-state index contributed by atoms with van der Waals surface area (Å²) in [6.45, 7) is 0.451. The van der Waals surface area contributed by atoms with Crippen LogP contribution in [0.5, 0.6) is 11.5 Å². The van der Waals surface area contributed by atoms with Crippen LogP contribution in [-0.2, 0) is 6.54 Å². The van der Waals surface area contributed by atoms with Gasteiger partial charge in [0, 0.05) is 5.39 Å². The smallest absolute Gasteiger partial charge is 0.143 e. The van der Waals surface area contributed by atoms with Gasteiger partial charge in [-0.25, -0.2) is 0 Å². The third kappa shape index (κ3) is 2.91. The van der Waals surface area contributed by atoms with Gasteiger partial charge in [0.1, 0.15) is 17.2 Å². The first-order chi connectivity index (χ1) is 10.8. The molecule has 22 heavy (non-hydrogen) atoms. The molecule has 3 aromatic rings. The first-order valence-electron chi connectivity index (χ1n) is 6.99. The van der Waals surface area contributed by atoms with E-state index in [2.05, 4.69) is 10.2 Å². The lowest BCUT2D eigenvalue weighted by molar-refractivity contribution is 0.414. The van der Waals surface area contributed by atoms with Gasteiger partial charge in [-0.1, -0.05) is 42.5 Å². The Hall–Kier alpha value is -2.88. The van der Waals surface area contributed by atoms with E-state index in [4.69, 9.17) is 4.74 Å². The molecule has 1 N–H and O–H groups in total. The summed E-state index contributed by atoms with van der Waals surface area (Å²) < 4.78 is 5.12. The highest BCUT2D eigenvalue weighted by molar-refractivity contribution is 5.95. The molecule has 110 valence electrons. The second-order valence-corrected chi connectivity index (χ2v) is 4.90. The quantitative estimate of drug-likeness (QED) is 0.700. The average molecular weight is 292 g/mol. The minimum Gasteiger partial charge on any atom is -0.506 e. The van der Waals surface area contributed by atoms with Gasteiger partial charge in [-0.2, -0.15) is 10.2 Å². The van der Waals surface area contributed by atoms with Crippen LogP contribution in [0.4, 0.5) is 5.69 Å². The molecule has 4 nitrogen and oxygen atoms in total. The number of aromatic hydroxyl groups is 1. The van der Waals surface area contributed by atoms with Crippen molar-refractivity contribution in [1.29, 1.82) is 0 Å². The van der Waals surface area contributed by atoms with Crippen molar-refractivity contribution in [2.45, 2.75) is 6.54 Å². The van der Waals surface area contributed by atoms with Gasteiger partial charge in [-0.05, 0) is 29.1 Å². The monoisotopic (exact) mass is 292 g/mol. The van der Waals surface area contributed by atoms with Crippen LogP contribution < -0.4 is 4.74 Å². The predicted octanol–water partition coefficient (Wildman–Crippen LogP) is 4.84. The summed E-state index contributed by atoms with van der Waals surface area (Å²) in [5.41, 5.74) is 1.54. The van der Waals surface area contributed by atoms with E-state index in [-0.39, 0.29) is 5.75 Å². The topological polar surface area (TPSA) is 54.2 Å². The molecular formula is C18H16N2O2. The summed E-state index contributed by atoms with van der Waals surface area (Å²) in [5, 5.41) is 20.3. The molecule has 0 heterocycles. The van der Waals surface area contributed by atoms with Crippen LogP contribution in [0, 0.1) is 0 Å². The number of benzene rings is 3. The van der Waals surface area contributed by atoms with Crippen molar-refractivity contribution in [2.24, 2.45) is 10.2 Å². The van der Waals surface area contributed by atoms with E-state index in [1.54, 1.807) is 13.2 Å². The average Bonchev–Trinajstić information content (AvgIpc) is 2.57. The van der Waals surface area contributed by atoms with E-state index in [0.29, 0.717) is 12.2 Å². The molecule has 3 aromatic carbocycles. The van der Waals surface area contributed by atoms with Crippen molar-refractivity contribution in [3.05, 3.63) is 66.2 Å². The predicted molar refractivity (Wildman–Crippen MR) is 86.8 cm³/mol. The largest absolute Gasteiger partial charge is 0.506 e. The summed E-state index contributed by atoms with van der Waals surface area (Å²) >= 11 is 0. The van der Waals surface area contributed by atoms with E-state index in [1.165, 1.54) is 0 Å². The van der Waals surface area contributed by atoms with Crippen LogP contribution in [-0.4, -0.2) is 12.2 Å². The summed E-state index contributed by atoms with van der Waals surface area (Å²) in [4.78, 5) is 0. The number of ether oxygens (including phenoxy) is 1.